The van der Waals surface area contributed by atoms with Gasteiger partial charge in [0.2, 0.25) is 5.91 Å². The molecule has 0 fully saturated rings. The van der Waals surface area contributed by atoms with E-state index in [4.69, 9.17) is 4.74 Å². The predicted octanol–water partition coefficient (Wildman–Crippen LogP) is 6.35. The molecule has 3 heteroatoms. The number of para-hydroxylation sites is 1. The summed E-state index contributed by atoms with van der Waals surface area (Å²) in [6.45, 7) is 6.80. The third-order valence-electron chi connectivity index (χ3n) is 4.73. The van der Waals surface area contributed by atoms with Crippen LogP contribution in [0.1, 0.15) is 42.0 Å². The largest absolute Gasteiger partial charge is 0.489 e. The molecule has 1 N–H and O–H groups in total. The van der Waals surface area contributed by atoms with Crippen LogP contribution >= 0.6 is 0 Å². The van der Waals surface area contributed by atoms with Crippen molar-refractivity contribution in [2.45, 2.75) is 33.3 Å². The standard InChI is InChI=1S/C26H27NO2/c1-19(2)24-11-7-8-20(3)26(24)27-25(28)17-14-21-12-15-23(16-13-21)29-18-22-9-5-4-6-10-22/h4-17,19H,18H2,1-3H3,(H,27,28). The Morgan fingerprint density at radius 1 is 0.966 bits per heavy atom. The number of carbonyl (C=O) groups is 1. The highest BCUT2D eigenvalue weighted by atomic mass is 16.5. The number of amides is 1. The average Bonchev–Trinajstić information content (AvgIpc) is 2.73. The van der Waals surface area contributed by atoms with Crippen molar-refractivity contribution in [3.05, 3.63) is 101 Å². The molecule has 0 saturated carbocycles. The summed E-state index contributed by atoms with van der Waals surface area (Å²) in [6, 6.07) is 23.9. The smallest absolute Gasteiger partial charge is 0.248 e. The van der Waals surface area contributed by atoms with E-state index in [1.54, 1.807) is 6.08 Å². The van der Waals surface area contributed by atoms with Crippen molar-refractivity contribution in [1.82, 2.24) is 0 Å². The van der Waals surface area contributed by atoms with E-state index in [1.165, 1.54) is 0 Å². The molecule has 0 atom stereocenters. The SMILES string of the molecule is Cc1cccc(C(C)C)c1NC(=O)C=Cc1ccc(OCc2ccccc2)cc1. The molecule has 3 rings (SSSR count). The summed E-state index contributed by atoms with van der Waals surface area (Å²) in [7, 11) is 0. The summed E-state index contributed by atoms with van der Waals surface area (Å²) >= 11 is 0. The first-order valence-electron chi connectivity index (χ1n) is 9.88. The fraction of sp³-hybridized carbons (Fsp3) is 0.192. The van der Waals surface area contributed by atoms with Crippen LogP contribution in [0.5, 0.6) is 5.75 Å². The normalized spacial score (nSPS) is 11.0. The molecule has 0 aromatic heterocycles. The number of benzene rings is 3. The monoisotopic (exact) mass is 385 g/mol. The fourth-order valence-electron chi connectivity index (χ4n) is 3.10. The molecule has 0 heterocycles. The van der Waals surface area contributed by atoms with Crippen LogP contribution in [-0.4, -0.2) is 5.91 Å². The number of ether oxygens (including phenoxy) is 1. The number of hydrogen-bond donors (Lipinski definition) is 1. The molecule has 0 bridgehead atoms. The Morgan fingerprint density at radius 2 is 1.69 bits per heavy atom. The van der Waals surface area contributed by atoms with Crippen molar-refractivity contribution >= 4 is 17.7 Å². The average molecular weight is 386 g/mol. The second kappa shape index (κ2) is 9.74. The van der Waals surface area contributed by atoms with Crippen LogP contribution < -0.4 is 10.1 Å². The van der Waals surface area contributed by atoms with Crippen molar-refractivity contribution in [1.29, 1.82) is 0 Å². The molecule has 3 nitrogen and oxygen atoms in total. The number of carbonyl (C=O) groups excluding carboxylic acids is 1. The van der Waals surface area contributed by atoms with E-state index in [1.807, 2.05) is 79.7 Å². The molecule has 3 aromatic carbocycles. The lowest BCUT2D eigenvalue weighted by atomic mass is 9.98. The minimum absolute atomic E-state index is 0.134. The van der Waals surface area contributed by atoms with Gasteiger partial charge in [-0.15, -0.1) is 0 Å². The van der Waals surface area contributed by atoms with Crippen molar-refractivity contribution in [2.75, 3.05) is 5.32 Å². The summed E-state index contributed by atoms with van der Waals surface area (Å²) in [5.41, 5.74) is 5.19. The topological polar surface area (TPSA) is 38.3 Å². The lowest BCUT2D eigenvalue weighted by Crippen LogP contribution is -2.11. The number of anilines is 1. The van der Waals surface area contributed by atoms with Gasteiger partial charge in [-0.3, -0.25) is 4.79 Å². The first kappa shape index (κ1) is 20.4. The zero-order valence-corrected chi connectivity index (χ0v) is 17.2. The Kier molecular flexibility index (Phi) is 6.85. The van der Waals surface area contributed by atoms with Gasteiger partial charge in [0.1, 0.15) is 12.4 Å². The van der Waals surface area contributed by atoms with Gasteiger partial charge in [-0.05, 0) is 53.3 Å². The zero-order valence-electron chi connectivity index (χ0n) is 17.2. The van der Waals surface area contributed by atoms with Gasteiger partial charge >= 0.3 is 0 Å². The minimum Gasteiger partial charge on any atom is -0.489 e. The molecule has 0 saturated heterocycles. The van der Waals surface area contributed by atoms with Crippen LogP contribution in [0.2, 0.25) is 0 Å². The van der Waals surface area contributed by atoms with E-state index in [2.05, 4.69) is 25.2 Å². The van der Waals surface area contributed by atoms with Crippen LogP contribution in [-0.2, 0) is 11.4 Å². The Morgan fingerprint density at radius 3 is 2.38 bits per heavy atom. The molecule has 0 radical (unpaired) electrons. The summed E-state index contributed by atoms with van der Waals surface area (Å²) in [5.74, 6) is 1.01. The molecule has 0 aliphatic carbocycles. The highest BCUT2D eigenvalue weighted by Crippen LogP contribution is 2.27. The van der Waals surface area contributed by atoms with Crippen LogP contribution in [0, 0.1) is 6.92 Å². The third kappa shape index (κ3) is 5.82. The van der Waals surface area contributed by atoms with Crippen LogP contribution in [0.4, 0.5) is 5.69 Å². The zero-order chi connectivity index (χ0) is 20.6. The van der Waals surface area contributed by atoms with Gasteiger partial charge in [0.25, 0.3) is 0 Å². The lowest BCUT2D eigenvalue weighted by Gasteiger charge is -2.15. The Hall–Kier alpha value is -3.33. The van der Waals surface area contributed by atoms with E-state index < -0.39 is 0 Å². The van der Waals surface area contributed by atoms with Crippen LogP contribution in [0.15, 0.2) is 78.9 Å². The molecule has 148 valence electrons. The molecular formula is C26H27NO2. The maximum absolute atomic E-state index is 12.4. The Bertz CT molecular complexity index is 973. The van der Waals surface area contributed by atoms with Crippen molar-refractivity contribution < 1.29 is 9.53 Å². The number of aryl methyl sites for hydroxylation is 1. The van der Waals surface area contributed by atoms with Gasteiger partial charge in [-0.2, -0.15) is 0 Å². The molecule has 29 heavy (non-hydrogen) atoms. The van der Waals surface area contributed by atoms with Crippen molar-refractivity contribution in [3.63, 3.8) is 0 Å². The van der Waals surface area contributed by atoms with E-state index in [9.17, 15) is 4.79 Å². The molecular weight excluding hydrogens is 358 g/mol. The van der Waals surface area contributed by atoms with Gasteiger partial charge in [-0.1, -0.05) is 74.5 Å². The first-order valence-corrected chi connectivity index (χ1v) is 9.88. The molecule has 0 spiro atoms. The third-order valence-corrected chi connectivity index (χ3v) is 4.73. The van der Waals surface area contributed by atoms with Crippen LogP contribution in [0.25, 0.3) is 6.08 Å². The second-order valence-electron chi connectivity index (χ2n) is 7.36. The summed E-state index contributed by atoms with van der Waals surface area (Å²) < 4.78 is 5.80. The minimum atomic E-state index is -0.134. The van der Waals surface area contributed by atoms with Gasteiger partial charge in [-0.25, -0.2) is 0 Å². The van der Waals surface area contributed by atoms with E-state index in [-0.39, 0.29) is 5.91 Å². The molecule has 0 unspecified atom stereocenters. The number of hydrogen-bond acceptors (Lipinski definition) is 2. The lowest BCUT2D eigenvalue weighted by molar-refractivity contribution is -0.111. The highest BCUT2D eigenvalue weighted by Gasteiger charge is 2.10. The molecule has 3 aromatic rings. The Labute approximate surface area is 173 Å². The number of rotatable bonds is 7. The maximum Gasteiger partial charge on any atom is 0.248 e. The summed E-state index contributed by atoms with van der Waals surface area (Å²) in [6.07, 6.45) is 3.38. The summed E-state index contributed by atoms with van der Waals surface area (Å²) in [4.78, 5) is 12.4. The second-order valence-corrected chi connectivity index (χ2v) is 7.36. The van der Waals surface area contributed by atoms with Gasteiger partial charge in [0.05, 0.1) is 0 Å². The van der Waals surface area contributed by atoms with E-state index in [0.717, 1.165) is 33.7 Å². The van der Waals surface area contributed by atoms with E-state index in [0.29, 0.717) is 12.5 Å². The maximum atomic E-state index is 12.4. The van der Waals surface area contributed by atoms with Crippen LogP contribution in [0.3, 0.4) is 0 Å². The molecule has 0 aliphatic heterocycles. The van der Waals surface area contributed by atoms with Crippen molar-refractivity contribution in [3.8, 4) is 5.75 Å². The van der Waals surface area contributed by atoms with Gasteiger partial charge in [0.15, 0.2) is 0 Å². The highest BCUT2D eigenvalue weighted by molar-refractivity contribution is 6.02. The van der Waals surface area contributed by atoms with Crippen molar-refractivity contribution in [2.24, 2.45) is 0 Å². The Balaban J connectivity index is 1.59. The number of nitrogens with one attached hydrogen (secondary N) is 1. The fourth-order valence-corrected chi connectivity index (χ4v) is 3.10. The quantitative estimate of drug-likeness (QED) is 0.481. The molecule has 0 aliphatic rings. The summed E-state index contributed by atoms with van der Waals surface area (Å²) in [5, 5.41) is 3.03. The first-order chi connectivity index (χ1) is 14.0. The van der Waals surface area contributed by atoms with E-state index >= 15 is 0 Å². The van der Waals surface area contributed by atoms with Gasteiger partial charge in [0, 0.05) is 11.8 Å². The van der Waals surface area contributed by atoms with Gasteiger partial charge < -0.3 is 10.1 Å². The molecule has 1 amide bonds. The predicted molar refractivity (Wildman–Crippen MR) is 120 cm³/mol.